The number of hydrogen-bond acceptors (Lipinski definition) is 4. The molecule has 1 saturated heterocycles. The maximum Gasteiger partial charge on any atom is 0.255 e. The van der Waals surface area contributed by atoms with Crippen molar-refractivity contribution >= 4 is 27.5 Å². The molecule has 0 bridgehead atoms. The molecule has 0 spiro atoms. The van der Waals surface area contributed by atoms with Crippen LogP contribution >= 0.6 is 0 Å². The predicted octanol–water partition coefficient (Wildman–Crippen LogP) is 3.02. The number of nitrogens with zero attached hydrogens (tertiary/aromatic N) is 2. The third-order valence-electron chi connectivity index (χ3n) is 6.19. The third-order valence-corrected chi connectivity index (χ3v) is 8.09. The Hall–Kier alpha value is -2.78. The summed E-state index contributed by atoms with van der Waals surface area (Å²) in [6.07, 6.45) is 1.77. The topological polar surface area (TPSA) is 86.8 Å². The number of amides is 2. The number of carbonyl (C=O) groups is 2. The summed E-state index contributed by atoms with van der Waals surface area (Å²) in [5.74, 6) is -0.755. The first-order valence-corrected chi connectivity index (χ1v) is 12.0. The van der Waals surface area contributed by atoms with Gasteiger partial charge in [-0.15, -0.1) is 0 Å². The number of aryl methyl sites for hydroxylation is 1. The molecule has 2 aromatic rings. The van der Waals surface area contributed by atoms with E-state index in [1.807, 2.05) is 6.92 Å². The highest BCUT2D eigenvalue weighted by Crippen LogP contribution is 2.46. The van der Waals surface area contributed by atoms with Crippen LogP contribution in [0.3, 0.4) is 0 Å². The number of nitrogens with one attached hydrogen (secondary N) is 1. The molecule has 9 heteroatoms. The average Bonchev–Trinajstić information content (AvgIpc) is 3.54. The predicted molar refractivity (Wildman–Crippen MR) is 118 cm³/mol. The summed E-state index contributed by atoms with van der Waals surface area (Å²) < 4.78 is 41.1. The number of sulfonamides is 1. The Labute approximate surface area is 187 Å². The van der Waals surface area contributed by atoms with Gasteiger partial charge >= 0.3 is 0 Å². The molecule has 0 unspecified atom stereocenters. The largest absolute Gasteiger partial charge is 0.340 e. The van der Waals surface area contributed by atoms with Crippen LogP contribution in [-0.4, -0.2) is 55.6 Å². The van der Waals surface area contributed by atoms with E-state index < -0.39 is 15.9 Å². The molecule has 0 aromatic heterocycles. The van der Waals surface area contributed by atoms with Crippen LogP contribution in [-0.2, 0) is 14.8 Å². The first-order chi connectivity index (χ1) is 15.1. The van der Waals surface area contributed by atoms with Crippen LogP contribution < -0.4 is 5.32 Å². The Morgan fingerprint density at radius 1 is 1.03 bits per heavy atom. The molecule has 1 aliphatic heterocycles. The van der Waals surface area contributed by atoms with Gasteiger partial charge in [-0.05, 0) is 61.7 Å². The fourth-order valence-electron chi connectivity index (χ4n) is 3.79. The van der Waals surface area contributed by atoms with Gasteiger partial charge in [0.1, 0.15) is 5.82 Å². The summed E-state index contributed by atoms with van der Waals surface area (Å²) in [6.45, 7) is 4.69. The van der Waals surface area contributed by atoms with Crippen molar-refractivity contribution in [3.8, 4) is 0 Å². The second-order valence-electron chi connectivity index (χ2n) is 8.70. The Morgan fingerprint density at radius 2 is 1.72 bits per heavy atom. The second-order valence-corrected chi connectivity index (χ2v) is 10.6. The fourth-order valence-corrected chi connectivity index (χ4v) is 5.26. The summed E-state index contributed by atoms with van der Waals surface area (Å²) in [7, 11) is -3.81. The van der Waals surface area contributed by atoms with E-state index in [0.29, 0.717) is 24.3 Å². The molecule has 2 fully saturated rings. The quantitative estimate of drug-likeness (QED) is 0.745. The first kappa shape index (κ1) is 22.4. The lowest BCUT2D eigenvalue weighted by Gasteiger charge is -2.35. The molecule has 7 nitrogen and oxygen atoms in total. The molecule has 1 heterocycles. The highest BCUT2D eigenvalue weighted by molar-refractivity contribution is 7.89. The van der Waals surface area contributed by atoms with Gasteiger partial charge in [0.2, 0.25) is 15.9 Å². The van der Waals surface area contributed by atoms with E-state index in [1.165, 1.54) is 46.8 Å². The Morgan fingerprint density at radius 3 is 2.34 bits per heavy atom. The summed E-state index contributed by atoms with van der Waals surface area (Å²) in [4.78, 5) is 26.9. The van der Waals surface area contributed by atoms with Crippen molar-refractivity contribution in [1.82, 2.24) is 9.21 Å². The SMILES string of the molecule is Cc1cc(NC(=O)c2cccc(S(=O)(=O)N3CCN(C(=O)C4(C)CC4)CC3)c2)ccc1F. The molecule has 1 saturated carbocycles. The number of anilines is 1. The molecule has 32 heavy (non-hydrogen) atoms. The monoisotopic (exact) mass is 459 g/mol. The highest BCUT2D eigenvalue weighted by Gasteiger charge is 2.47. The van der Waals surface area contributed by atoms with E-state index in [0.717, 1.165) is 12.8 Å². The van der Waals surface area contributed by atoms with E-state index in [1.54, 1.807) is 11.8 Å². The number of halogens is 1. The smallest absolute Gasteiger partial charge is 0.255 e. The zero-order chi connectivity index (χ0) is 23.1. The summed E-state index contributed by atoms with van der Waals surface area (Å²) in [6, 6.07) is 10.1. The van der Waals surface area contributed by atoms with Crippen LogP contribution in [0, 0.1) is 18.2 Å². The third kappa shape index (κ3) is 4.40. The van der Waals surface area contributed by atoms with E-state index in [-0.39, 0.29) is 40.7 Å². The van der Waals surface area contributed by atoms with Gasteiger partial charge in [0, 0.05) is 42.8 Å². The standard InChI is InChI=1S/C23H26FN3O4S/c1-16-14-18(6-7-20(16)24)25-21(28)17-4-3-5-19(15-17)32(30,31)27-12-10-26(11-13-27)22(29)23(2)8-9-23/h3-7,14-15H,8-13H2,1-2H3,(H,25,28). The van der Waals surface area contributed by atoms with E-state index in [9.17, 15) is 22.4 Å². The Balaban J connectivity index is 1.45. The number of hydrogen-bond donors (Lipinski definition) is 1. The fraction of sp³-hybridized carbons (Fsp3) is 0.391. The minimum absolute atomic E-state index is 0.0226. The zero-order valence-corrected chi connectivity index (χ0v) is 18.9. The van der Waals surface area contributed by atoms with Gasteiger partial charge in [-0.25, -0.2) is 12.8 Å². The zero-order valence-electron chi connectivity index (χ0n) is 18.1. The number of piperazine rings is 1. The van der Waals surface area contributed by atoms with Crippen LogP contribution in [0.1, 0.15) is 35.7 Å². The lowest BCUT2D eigenvalue weighted by atomic mass is 10.1. The lowest BCUT2D eigenvalue weighted by molar-refractivity contribution is -0.137. The van der Waals surface area contributed by atoms with E-state index >= 15 is 0 Å². The maximum atomic E-state index is 13.4. The van der Waals surface area contributed by atoms with Crippen molar-refractivity contribution in [3.05, 3.63) is 59.4 Å². The maximum absolute atomic E-state index is 13.4. The lowest BCUT2D eigenvalue weighted by Crippen LogP contribution is -2.52. The minimum atomic E-state index is -3.81. The van der Waals surface area contributed by atoms with Crippen LogP contribution in [0.25, 0.3) is 0 Å². The van der Waals surface area contributed by atoms with Gasteiger partial charge < -0.3 is 10.2 Å². The summed E-state index contributed by atoms with van der Waals surface area (Å²) in [5.41, 5.74) is 0.731. The van der Waals surface area contributed by atoms with Crippen molar-refractivity contribution in [2.24, 2.45) is 5.41 Å². The summed E-state index contributed by atoms with van der Waals surface area (Å²) in [5, 5.41) is 2.66. The van der Waals surface area contributed by atoms with Gasteiger partial charge in [0.05, 0.1) is 4.90 Å². The van der Waals surface area contributed by atoms with Crippen LogP contribution in [0.4, 0.5) is 10.1 Å². The Bertz CT molecular complexity index is 1170. The molecule has 4 rings (SSSR count). The van der Waals surface area contributed by atoms with Crippen molar-refractivity contribution in [3.63, 3.8) is 0 Å². The average molecular weight is 460 g/mol. The summed E-state index contributed by atoms with van der Waals surface area (Å²) >= 11 is 0. The molecule has 2 aromatic carbocycles. The van der Waals surface area contributed by atoms with Gasteiger partial charge in [-0.2, -0.15) is 4.31 Å². The van der Waals surface area contributed by atoms with E-state index in [4.69, 9.17) is 0 Å². The highest BCUT2D eigenvalue weighted by atomic mass is 32.2. The van der Waals surface area contributed by atoms with Crippen LogP contribution in [0.2, 0.25) is 0 Å². The molecule has 2 amide bonds. The normalized spacial score (nSPS) is 18.3. The molecule has 0 atom stereocenters. The van der Waals surface area contributed by atoms with Crippen molar-refractivity contribution in [2.45, 2.75) is 31.6 Å². The number of carbonyl (C=O) groups excluding carboxylic acids is 2. The molecular weight excluding hydrogens is 433 g/mol. The van der Waals surface area contributed by atoms with Crippen molar-refractivity contribution in [2.75, 3.05) is 31.5 Å². The second kappa shape index (κ2) is 8.29. The van der Waals surface area contributed by atoms with Crippen LogP contribution in [0.5, 0.6) is 0 Å². The molecule has 1 N–H and O–H groups in total. The molecule has 0 radical (unpaired) electrons. The number of rotatable bonds is 5. The molecular formula is C23H26FN3O4S. The minimum Gasteiger partial charge on any atom is -0.340 e. The van der Waals surface area contributed by atoms with Crippen molar-refractivity contribution < 1.29 is 22.4 Å². The molecule has 1 aliphatic carbocycles. The Kier molecular flexibility index (Phi) is 5.81. The van der Waals surface area contributed by atoms with Gasteiger partial charge in [-0.3, -0.25) is 9.59 Å². The van der Waals surface area contributed by atoms with Crippen LogP contribution in [0.15, 0.2) is 47.4 Å². The molecule has 2 aliphatic rings. The molecule has 170 valence electrons. The van der Waals surface area contributed by atoms with Gasteiger partial charge in [-0.1, -0.05) is 13.0 Å². The van der Waals surface area contributed by atoms with Gasteiger partial charge in [0.25, 0.3) is 5.91 Å². The van der Waals surface area contributed by atoms with E-state index in [2.05, 4.69) is 5.32 Å². The number of benzene rings is 2. The first-order valence-electron chi connectivity index (χ1n) is 10.6. The van der Waals surface area contributed by atoms with Gasteiger partial charge in [0.15, 0.2) is 0 Å². The van der Waals surface area contributed by atoms with Crippen molar-refractivity contribution in [1.29, 1.82) is 0 Å².